The quantitative estimate of drug-likeness (QED) is 0.457. The number of rotatable bonds is 8. The van der Waals surface area contributed by atoms with Gasteiger partial charge in [0.25, 0.3) is 0 Å². The van der Waals surface area contributed by atoms with E-state index in [9.17, 15) is 4.79 Å². The van der Waals surface area contributed by atoms with Crippen molar-refractivity contribution < 1.29 is 4.79 Å². The van der Waals surface area contributed by atoms with Gasteiger partial charge in [0.05, 0.1) is 0 Å². The molecule has 2 heteroatoms. The van der Waals surface area contributed by atoms with Crippen molar-refractivity contribution in [2.24, 2.45) is 0 Å². The van der Waals surface area contributed by atoms with Crippen LogP contribution in [0.4, 0.5) is 0 Å². The minimum Gasteiger partial charge on any atom is -0.300 e. The molecule has 0 saturated heterocycles. The van der Waals surface area contributed by atoms with Gasteiger partial charge in [-0.15, -0.1) is 0 Å². The predicted molar refractivity (Wildman–Crippen MR) is 56.9 cm³/mol. The molecule has 0 aliphatic carbocycles. The van der Waals surface area contributed by atoms with Crippen LogP contribution in [0.15, 0.2) is 0 Å². The van der Waals surface area contributed by atoms with Gasteiger partial charge in [-0.2, -0.15) is 12.6 Å². The largest absolute Gasteiger partial charge is 0.300 e. The molecule has 0 heterocycles. The van der Waals surface area contributed by atoms with Crippen LogP contribution in [0.3, 0.4) is 0 Å². The second-order valence-corrected chi connectivity index (χ2v) is 3.62. The molecule has 0 aromatic heterocycles. The van der Waals surface area contributed by atoms with Gasteiger partial charge in [0, 0.05) is 12.8 Å². The lowest BCUT2D eigenvalue weighted by atomic mass is 10.1. The third-order valence-electron chi connectivity index (χ3n) is 1.95. The monoisotopic (exact) mass is 188 g/mol. The topological polar surface area (TPSA) is 17.1 Å². The molecular formula is C10H20OS. The molecule has 0 amide bonds. The standard InChI is InChI=1S/C10H20OS/c1-2-3-4-5-6-7-10(11)8-9-12/h12H,2-9H2,1H3. The van der Waals surface area contributed by atoms with Crippen LogP contribution in [0, 0.1) is 0 Å². The number of thiol groups is 1. The van der Waals surface area contributed by atoms with Crippen molar-refractivity contribution in [1.82, 2.24) is 0 Å². The van der Waals surface area contributed by atoms with Crippen molar-refractivity contribution in [2.45, 2.75) is 51.9 Å². The zero-order valence-electron chi connectivity index (χ0n) is 8.01. The van der Waals surface area contributed by atoms with E-state index in [0.717, 1.165) is 12.8 Å². The number of carbonyl (C=O) groups is 1. The van der Waals surface area contributed by atoms with E-state index >= 15 is 0 Å². The van der Waals surface area contributed by atoms with Crippen molar-refractivity contribution in [3.8, 4) is 0 Å². The van der Waals surface area contributed by atoms with Crippen LogP contribution in [0.5, 0.6) is 0 Å². The van der Waals surface area contributed by atoms with Gasteiger partial charge in [0.1, 0.15) is 5.78 Å². The van der Waals surface area contributed by atoms with Gasteiger partial charge >= 0.3 is 0 Å². The lowest BCUT2D eigenvalue weighted by Crippen LogP contribution is -1.97. The first-order chi connectivity index (χ1) is 5.81. The number of hydrogen-bond donors (Lipinski definition) is 1. The van der Waals surface area contributed by atoms with E-state index in [4.69, 9.17) is 0 Å². The molecule has 1 nitrogen and oxygen atoms in total. The number of hydrogen-bond acceptors (Lipinski definition) is 2. The summed E-state index contributed by atoms with van der Waals surface area (Å²) in [7, 11) is 0. The van der Waals surface area contributed by atoms with Crippen LogP contribution in [0.1, 0.15) is 51.9 Å². The minimum atomic E-state index is 0.376. The fourth-order valence-electron chi connectivity index (χ4n) is 1.18. The minimum absolute atomic E-state index is 0.376. The lowest BCUT2D eigenvalue weighted by molar-refractivity contribution is -0.118. The van der Waals surface area contributed by atoms with E-state index in [0.29, 0.717) is 18.0 Å². The number of Topliss-reactive ketones (excluding diaryl/α,β-unsaturated/α-hetero) is 1. The molecule has 12 heavy (non-hydrogen) atoms. The highest BCUT2D eigenvalue weighted by Crippen LogP contribution is 2.06. The molecule has 0 saturated carbocycles. The first-order valence-corrected chi connectivity index (χ1v) is 5.57. The van der Waals surface area contributed by atoms with Gasteiger partial charge in [0.15, 0.2) is 0 Å². The fraction of sp³-hybridized carbons (Fsp3) is 0.900. The van der Waals surface area contributed by atoms with E-state index in [1.807, 2.05) is 0 Å². The van der Waals surface area contributed by atoms with Gasteiger partial charge in [-0.05, 0) is 12.2 Å². The highest BCUT2D eigenvalue weighted by atomic mass is 32.1. The van der Waals surface area contributed by atoms with Crippen molar-refractivity contribution in [3.05, 3.63) is 0 Å². The third-order valence-corrected chi connectivity index (χ3v) is 2.17. The Morgan fingerprint density at radius 3 is 2.33 bits per heavy atom. The van der Waals surface area contributed by atoms with Gasteiger partial charge in [-0.3, -0.25) is 4.79 Å². The molecule has 0 aliphatic rings. The Morgan fingerprint density at radius 1 is 1.08 bits per heavy atom. The van der Waals surface area contributed by atoms with Crippen molar-refractivity contribution in [2.75, 3.05) is 5.75 Å². The predicted octanol–water partition coefficient (Wildman–Crippen LogP) is 3.24. The summed E-state index contributed by atoms with van der Waals surface area (Å²) in [6, 6.07) is 0. The first kappa shape index (κ1) is 12.0. The molecule has 0 rings (SSSR count). The summed E-state index contributed by atoms with van der Waals surface area (Å²) >= 11 is 4.02. The Morgan fingerprint density at radius 2 is 1.75 bits per heavy atom. The maximum Gasteiger partial charge on any atom is 0.133 e. The van der Waals surface area contributed by atoms with E-state index in [-0.39, 0.29) is 0 Å². The van der Waals surface area contributed by atoms with Crippen LogP contribution in [-0.4, -0.2) is 11.5 Å². The highest BCUT2D eigenvalue weighted by Gasteiger charge is 1.98. The molecule has 0 unspecified atom stereocenters. The van der Waals surface area contributed by atoms with Gasteiger partial charge in [-0.25, -0.2) is 0 Å². The Labute approximate surface area is 81.3 Å². The van der Waals surface area contributed by atoms with Crippen LogP contribution >= 0.6 is 12.6 Å². The summed E-state index contributed by atoms with van der Waals surface area (Å²) in [5.41, 5.74) is 0. The smallest absolute Gasteiger partial charge is 0.133 e. The number of carbonyl (C=O) groups excluding carboxylic acids is 1. The number of ketones is 1. The third kappa shape index (κ3) is 8.12. The maximum atomic E-state index is 11.0. The summed E-state index contributed by atoms with van der Waals surface area (Å²) in [5.74, 6) is 1.08. The van der Waals surface area contributed by atoms with Gasteiger partial charge < -0.3 is 0 Å². The average Bonchev–Trinajstić information content (AvgIpc) is 2.05. The van der Waals surface area contributed by atoms with Crippen molar-refractivity contribution >= 4 is 18.4 Å². The number of unbranched alkanes of at least 4 members (excludes halogenated alkanes) is 4. The van der Waals surface area contributed by atoms with E-state index in [2.05, 4.69) is 19.6 Å². The molecule has 0 bridgehead atoms. The zero-order valence-corrected chi connectivity index (χ0v) is 8.91. The second-order valence-electron chi connectivity index (χ2n) is 3.18. The van der Waals surface area contributed by atoms with Crippen LogP contribution < -0.4 is 0 Å². The Hall–Kier alpha value is 0.0200. The molecule has 72 valence electrons. The molecule has 0 atom stereocenters. The van der Waals surface area contributed by atoms with Crippen LogP contribution in [0.25, 0.3) is 0 Å². The van der Waals surface area contributed by atoms with Crippen LogP contribution in [-0.2, 0) is 4.79 Å². The molecule has 0 radical (unpaired) electrons. The van der Waals surface area contributed by atoms with Gasteiger partial charge in [-0.1, -0.05) is 32.6 Å². The summed E-state index contributed by atoms with van der Waals surface area (Å²) < 4.78 is 0. The Kier molecular flexibility index (Phi) is 9.13. The Balaban J connectivity index is 3.03. The molecule has 0 fully saturated rings. The summed E-state index contributed by atoms with van der Waals surface area (Å²) in [5, 5.41) is 0. The van der Waals surface area contributed by atoms with Crippen molar-refractivity contribution in [3.63, 3.8) is 0 Å². The maximum absolute atomic E-state index is 11.0. The molecular weight excluding hydrogens is 168 g/mol. The summed E-state index contributed by atoms with van der Waals surface area (Å²) in [6.07, 6.45) is 7.57. The van der Waals surface area contributed by atoms with Crippen molar-refractivity contribution in [1.29, 1.82) is 0 Å². The lowest BCUT2D eigenvalue weighted by Gasteiger charge is -1.98. The molecule has 0 aliphatic heterocycles. The molecule has 0 aromatic carbocycles. The van der Waals surface area contributed by atoms with Gasteiger partial charge in [0.2, 0.25) is 0 Å². The Bertz CT molecular complexity index is 112. The zero-order chi connectivity index (χ0) is 9.23. The first-order valence-electron chi connectivity index (χ1n) is 4.93. The van der Waals surface area contributed by atoms with E-state index in [1.165, 1.54) is 25.7 Å². The summed E-state index contributed by atoms with van der Waals surface area (Å²) in [4.78, 5) is 11.0. The molecule has 0 N–H and O–H groups in total. The average molecular weight is 188 g/mol. The van der Waals surface area contributed by atoms with E-state index in [1.54, 1.807) is 0 Å². The van der Waals surface area contributed by atoms with Crippen LogP contribution in [0.2, 0.25) is 0 Å². The normalized spacial score (nSPS) is 10.2. The fourth-order valence-corrected chi connectivity index (χ4v) is 1.42. The summed E-state index contributed by atoms with van der Waals surface area (Å²) in [6.45, 7) is 2.20. The van der Waals surface area contributed by atoms with E-state index < -0.39 is 0 Å². The second kappa shape index (κ2) is 9.11. The molecule has 0 aromatic rings. The SMILES string of the molecule is CCCCCCCC(=O)CCS. The molecule has 0 spiro atoms. The highest BCUT2D eigenvalue weighted by molar-refractivity contribution is 7.80.